The van der Waals surface area contributed by atoms with Crippen molar-refractivity contribution in [3.05, 3.63) is 0 Å². The number of alkyl halides is 1. The first kappa shape index (κ1) is 11.4. The Bertz CT molecular complexity index is 160. The van der Waals surface area contributed by atoms with Crippen LogP contribution in [0.3, 0.4) is 0 Å². The van der Waals surface area contributed by atoms with Gasteiger partial charge < -0.3 is 10.2 Å². The predicted octanol–water partition coefficient (Wildman–Crippen LogP) is 1.35. The summed E-state index contributed by atoms with van der Waals surface area (Å²) in [4.78, 5) is 10.2. The van der Waals surface area contributed by atoms with Crippen molar-refractivity contribution < 1.29 is 19.4 Å². The lowest BCUT2D eigenvalue weighted by Gasteiger charge is -2.27. The number of hydrogen-bond donors (Lipinski definition) is 2. The number of rotatable bonds is 5. The summed E-state index contributed by atoms with van der Waals surface area (Å²) in [6.07, 6.45) is -1.31. The molecule has 72 valence electrons. The zero-order valence-electron chi connectivity index (χ0n) is 7.38. The van der Waals surface area contributed by atoms with E-state index in [1.807, 2.05) is 0 Å². The third kappa shape index (κ3) is 2.44. The Kier molecular flexibility index (Phi) is 4.17. The van der Waals surface area contributed by atoms with Gasteiger partial charge in [0.05, 0.1) is 0 Å². The summed E-state index contributed by atoms with van der Waals surface area (Å²) in [5.74, 6) is -1.59. The minimum absolute atomic E-state index is 0.119. The van der Waals surface area contributed by atoms with Crippen molar-refractivity contribution in [3.8, 4) is 0 Å². The highest BCUT2D eigenvalue weighted by Gasteiger charge is 2.39. The SMILES string of the molecule is CCCC(O)(CC)C(F)C(=O)O. The molecule has 0 saturated heterocycles. The number of halogens is 1. The highest BCUT2D eigenvalue weighted by Crippen LogP contribution is 2.24. The molecule has 4 heteroatoms. The molecule has 2 unspecified atom stereocenters. The first-order valence-corrected chi connectivity index (χ1v) is 4.07. The molecule has 0 aliphatic carbocycles. The minimum Gasteiger partial charge on any atom is -0.479 e. The molecule has 0 fully saturated rings. The van der Waals surface area contributed by atoms with Gasteiger partial charge in [-0.2, -0.15) is 0 Å². The summed E-state index contributed by atoms with van der Waals surface area (Å²) in [5, 5.41) is 17.8. The molecule has 0 bridgehead atoms. The van der Waals surface area contributed by atoms with Gasteiger partial charge in [0, 0.05) is 0 Å². The largest absolute Gasteiger partial charge is 0.479 e. The van der Waals surface area contributed by atoms with Crippen LogP contribution in [0.2, 0.25) is 0 Å². The molecule has 0 rings (SSSR count). The molecule has 12 heavy (non-hydrogen) atoms. The van der Waals surface area contributed by atoms with E-state index in [0.29, 0.717) is 6.42 Å². The van der Waals surface area contributed by atoms with Crippen molar-refractivity contribution in [2.75, 3.05) is 0 Å². The van der Waals surface area contributed by atoms with Crippen LogP contribution in [0.5, 0.6) is 0 Å². The van der Waals surface area contributed by atoms with Gasteiger partial charge in [-0.15, -0.1) is 0 Å². The van der Waals surface area contributed by atoms with Gasteiger partial charge in [0.1, 0.15) is 5.60 Å². The Morgan fingerprint density at radius 3 is 2.33 bits per heavy atom. The van der Waals surface area contributed by atoms with Gasteiger partial charge in [-0.1, -0.05) is 20.3 Å². The lowest BCUT2D eigenvalue weighted by Crippen LogP contribution is -2.43. The van der Waals surface area contributed by atoms with E-state index in [2.05, 4.69) is 0 Å². The fourth-order valence-electron chi connectivity index (χ4n) is 1.15. The Labute approximate surface area is 71.2 Å². The standard InChI is InChI=1S/C8H15FO3/c1-3-5-8(12,4-2)6(9)7(10)11/h6,12H,3-5H2,1-2H3,(H,10,11). The van der Waals surface area contributed by atoms with Crippen LogP contribution < -0.4 is 0 Å². The molecule has 2 N–H and O–H groups in total. The molecule has 0 aliphatic rings. The van der Waals surface area contributed by atoms with E-state index < -0.39 is 17.7 Å². The summed E-state index contributed by atoms with van der Waals surface area (Å²) in [6, 6.07) is 0. The third-order valence-corrected chi connectivity index (χ3v) is 1.98. The normalized spacial score (nSPS) is 18.3. The number of carbonyl (C=O) groups is 1. The minimum atomic E-state index is -2.18. The number of aliphatic hydroxyl groups is 1. The molecule has 3 nitrogen and oxygen atoms in total. The molecule has 0 spiro atoms. The molecular weight excluding hydrogens is 163 g/mol. The summed E-state index contributed by atoms with van der Waals surface area (Å²) in [5.41, 5.74) is -1.69. The monoisotopic (exact) mass is 178 g/mol. The zero-order chi connectivity index (χ0) is 9.78. The average Bonchev–Trinajstić information content (AvgIpc) is 2.03. The molecule has 0 aromatic rings. The maximum atomic E-state index is 12.9. The molecule has 0 saturated carbocycles. The van der Waals surface area contributed by atoms with Crippen LogP contribution in [0, 0.1) is 0 Å². The second kappa shape index (κ2) is 4.40. The fourth-order valence-corrected chi connectivity index (χ4v) is 1.15. The van der Waals surface area contributed by atoms with Gasteiger partial charge in [-0.3, -0.25) is 0 Å². The molecule has 0 radical (unpaired) electrons. The molecule has 0 aromatic heterocycles. The zero-order valence-corrected chi connectivity index (χ0v) is 7.38. The highest BCUT2D eigenvalue weighted by molar-refractivity contribution is 5.73. The van der Waals surface area contributed by atoms with E-state index in [-0.39, 0.29) is 12.8 Å². The van der Waals surface area contributed by atoms with Crippen molar-refractivity contribution in [1.82, 2.24) is 0 Å². The molecule has 0 aromatic carbocycles. The Hall–Kier alpha value is -0.640. The summed E-state index contributed by atoms with van der Waals surface area (Å²) < 4.78 is 12.9. The summed E-state index contributed by atoms with van der Waals surface area (Å²) in [6.45, 7) is 3.35. The lowest BCUT2D eigenvalue weighted by atomic mass is 9.90. The number of hydrogen-bond acceptors (Lipinski definition) is 2. The van der Waals surface area contributed by atoms with Crippen molar-refractivity contribution in [1.29, 1.82) is 0 Å². The van der Waals surface area contributed by atoms with Gasteiger partial charge in [0.2, 0.25) is 6.17 Å². The number of aliphatic carboxylic acids is 1. The van der Waals surface area contributed by atoms with E-state index in [0.717, 1.165) is 0 Å². The Balaban J connectivity index is 4.38. The maximum Gasteiger partial charge on any atom is 0.341 e. The van der Waals surface area contributed by atoms with Crippen molar-refractivity contribution >= 4 is 5.97 Å². The topological polar surface area (TPSA) is 57.5 Å². The van der Waals surface area contributed by atoms with Gasteiger partial charge in [-0.25, -0.2) is 9.18 Å². The van der Waals surface area contributed by atoms with Crippen LogP contribution in [0.1, 0.15) is 33.1 Å². The molecule has 0 heterocycles. The molecule has 2 atom stereocenters. The van der Waals surface area contributed by atoms with Crippen molar-refractivity contribution in [3.63, 3.8) is 0 Å². The fraction of sp³-hybridized carbons (Fsp3) is 0.875. The molecule has 0 aliphatic heterocycles. The van der Waals surface area contributed by atoms with E-state index >= 15 is 0 Å². The van der Waals surface area contributed by atoms with Gasteiger partial charge in [-0.05, 0) is 12.8 Å². The second-order valence-electron chi connectivity index (χ2n) is 2.91. The van der Waals surface area contributed by atoms with E-state index in [1.165, 1.54) is 0 Å². The van der Waals surface area contributed by atoms with E-state index in [9.17, 15) is 14.3 Å². The Morgan fingerprint density at radius 2 is 2.08 bits per heavy atom. The van der Waals surface area contributed by atoms with Crippen molar-refractivity contribution in [2.45, 2.75) is 44.9 Å². The number of carboxylic acids is 1. The van der Waals surface area contributed by atoms with Gasteiger partial charge in [0.25, 0.3) is 0 Å². The Morgan fingerprint density at radius 1 is 1.58 bits per heavy atom. The van der Waals surface area contributed by atoms with Crippen molar-refractivity contribution in [2.24, 2.45) is 0 Å². The van der Waals surface area contributed by atoms with Crippen LogP contribution in [0.15, 0.2) is 0 Å². The first-order chi connectivity index (χ1) is 5.48. The average molecular weight is 178 g/mol. The third-order valence-electron chi connectivity index (χ3n) is 1.98. The summed E-state index contributed by atoms with van der Waals surface area (Å²) in [7, 11) is 0. The molecular formula is C8H15FO3. The predicted molar refractivity (Wildman–Crippen MR) is 42.7 cm³/mol. The maximum absolute atomic E-state index is 12.9. The second-order valence-corrected chi connectivity index (χ2v) is 2.91. The van der Waals surface area contributed by atoms with E-state index in [4.69, 9.17) is 5.11 Å². The smallest absolute Gasteiger partial charge is 0.341 e. The lowest BCUT2D eigenvalue weighted by molar-refractivity contribution is -0.155. The van der Waals surface area contributed by atoms with Crippen LogP contribution >= 0.6 is 0 Å². The first-order valence-electron chi connectivity index (χ1n) is 4.07. The van der Waals surface area contributed by atoms with Crippen LogP contribution in [-0.4, -0.2) is 28.0 Å². The van der Waals surface area contributed by atoms with Crippen LogP contribution in [-0.2, 0) is 4.79 Å². The summed E-state index contributed by atoms with van der Waals surface area (Å²) >= 11 is 0. The van der Waals surface area contributed by atoms with Crippen LogP contribution in [0.25, 0.3) is 0 Å². The van der Waals surface area contributed by atoms with Crippen LogP contribution in [0.4, 0.5) is 4.39 Å². The van der Waals surface area contributed by atoms with Gasteiger partial charge in [0.15, 0.2) is 0 Å². The van der Waals surface area contributed by atoms with Gasteiger partial charge >= 0.3 is 5.97 Å². The molecule has 0 amide bonds. The highest BCUT2D eigenvalue weighted by atomic mass is 19.1. The number of carboxylic acid groups (broad SMARTS) is 1. The quantitative estimate of drug-likeness (QED) is 0.668. The van der Waals surface area contributed by atoms with E-state index in [1.54, 1.807) is 13.8 Å².